The number of aliphatic hydroxyl groups excluding tert-OH is 1. The third-order valence-electron chi connectivity index (χ3n) is 2.02. The fourth-order valence-electron chi connectivity index (χ4n) is 0.804. The quantitative estimate of drug-likeness (QED) is 0.620. The van der Waals surface area contributed by atoms with E-state index in [-0.39, 0.29) is 6.61 Å². The van der Waals surface area contributed by atoms with E-state index in [0.29, 0.717) is 5.57 Å². The standard InChI is InChI=1S/C12H18O/c1-9(2)10(3)6-7-11(4)12(5)8-13/h13H,1,3-8H2,2H3. The summed E-state index contributed by atoms with van der Waals surface area (Å²) in [5.41, 5.74) is 3.63. The van der Waals surface area contributed by atoms with E-state index in [2.05, 4.69) is 26.3 Å². The second-order valence-electron chi connectivity index (χ2n) is 3.25. The third kappa shape index (κ3) is 4.48. The van der Waals surface area contributed by atoms with Crippen molar-refractivity contribution in [3.63, 3.8) is 0 Å². The average molecular weight is 178 g/mol. The van der Waals surface area contributed by atoms with Gasteiger partial charge in [-0.15, -0.1) is 0 Å². The summed E-state index contributed by atoms with van der Waals surface area (Å²) in [7, 11) is 0. The Morgan fingerprint density at radius 2 is 1.38 bits per heavy atom. The molecule has 0 saturated heterocycles. The minimum atomic E-state index is -0.0155. The van der Waals surface area contributed by atoms with Crippen LogP contribution in [0, 0.1) is 0 Å². The minimum Gasteiger partial charge on any atom is -0.392 e. The summed E-state index contributed by atoms with van der Waals surface area (Å²) in [5, 5.41) is 8.78. The Bertz CT molecular complexity index is 246. The van der Waals surface area contributed by atoms with Crippen LogP contribution in [0.4, 0.5) is 0 Å². The van der Waals surface area contributed by atoms with Gasteiger partial charge < -0.3 is 5.11 Å². The largest absolute Gasteiger partial charge is 0.392 e. The van der Waals surface area contributed by atoms with Crippen LogP contribution >= 0.6 is 0 Å². The SMILES string of the molecule is C=C(C)C(=C)CCC(=C)C(=C)CO. The van der Waals surface area contributed by atoms with Crippen molar-refractivity contribution in [3.05, 3.63) is 48.6 Å². The lowest BCUT2D eigenvalue weighted by Crippen LogP contribution is -1.93. The van der Waals surface area contributed by atoms with Crippen molar-refractivity contribution in [2.45, 2.75) is 19.8 Å². The first kappa shape index (κ1) is 11.9. The lowest BCUT2D eigenvalue weighted by atomic mass is 9.99. The molecule has 0 unspecified atom stereocenters. The van der Waals surface area contributed by atoms with Gasteiger partial charge in [-0.25, -0.2) is 0 Å². The number of hydrogen-bond donors (Lipinski definition) is 1. The maximum atomic E-state index is 8.78. The summed E-state index contributed by atoms with van der Waals surface area (Å²) in [6, 6.07) is 0. The highest BCUT2D eigenvalue weighted by Gasteiger charge is 2.00. The molecule has 1 N–H and O–H groups in total. The van der Waals surface area contributed by atoms with Crippen LogP contribution < -0.4 is 0 Å². The zero-order chi connectivity index (χ0) is 10.4. The highest BCUT2D eigenvalue weighted by Crippen LogP contribution is 2.18. The molecule has 0 rings (SSSR count). The first-order valence-corrected chi connectivity index (χ1v) is 4.29. The molecule has 0 bridgehead atoms. The molecule has 13 heavy (non-hydrogen) atoms. The normalized spacial score (nSPS) is 9.38. The van der Waals surface area contributed by atoms with E-state index in [9.17, 15) is 0 Å². The first-order valence-electron chi connectivity index (χ1n) is 4.29. The molecule has 0 spiro atoms. The summed E-state index contributed by atoms with van der Waals surface area (Å²) in [6.45, 7) is 17.1. The third-order valence-corrected chi connectivity index (χ3v) is 2.02. The Morgan fingerprint density at radius 3 is 1.77 bits per heavy atom. The topological polar surface area (TPSA) is 20.2 Å². The molecule has 1 heteroatoms. The predicted octanol–water partition coefficient (Wildman–Crippen LogP) is 3.00. The Hall–Kier alpha value is -1.08. The van der Waals surface area contributed by atoms with E-state index in [1.165, 1.54) is 0 Å². The molecule has 1 nitrogen and oxygen atoms in total. The van der Waals surface area contributed by atoms with Crippen LogP contribution in [0.25, 0.3) is 0 Å². The van der Waals surface area contributed by atoms with Gasteiger partial charge >= 0.3 is 0 Å². The maximum absolute atomic E-state index is 8.78. The zero-order valence-electron chi connectivity index (χ0n) is 8.40. The highest BCUT2D eigenvalue weighted by molar-refractivity contribution is 5.29. The second kappa shape index (κ2) is 5.55. The van der Waals surface area contributed by atoms with Crippen LogP contribution in [-0.2, 0) is 0 Å². The Labute approximate surface area is 80.8 Å². The van der Waals surface area contributed by atoms with Crippen molar-refractivity contribution in [1.82, 2.24) is 0 Å². The number of rotatable bonds is 6. The molecule has 0 amide bonds. The van der Waals surface area contributed by atoms with Crippen molar-refractivity contribution in [1.29, 1.82) is 0 Å². The fraction of sp³-hybridized carbons (Fsp3) is 0.333. The molecular formula is C12H18O. The first-order chi connectivity index (χ1) is 5.99. The predicted molar refractivity (Wildman–Crippen MR) is 58.6 cm³/mol. The van der Waals surface area contributed by atoms with Gasteiger partial charge in [-0.3, -0.25) is 0 Å². The highest BCUT2D eigenvalue weighted by atomic mass is 16.3. The molecule has 0 aromatic heterocycles. The average Bonchev–Trinajstić information content (AvgIpc) is 2.11. The van der Waals surface area contributed by atoms with Gasteiger partial charge in [0.05, 0.1) is 6.61 Å². The van der Waals surface area contributed by atoms with Gasteiger partial charge in [-0.2, -0.15) is 0 Å². The van der Waals surface area contributed by atoms with Gasteiger partial charge in [-0.1, -0.05) is 37.5 Å². The Kier molecular flexibility index (Phi) is 5.09. The Morgan fingerprint density at radius 1 is 0.923 bits per heavy atom. The maximum Gasteiger partial charge on any atom is 0.0678 e. The molecule has 0 fully saturated rings. The molecule has 0 aromatic rings. The van der Waals surface area contributed by atoms with Crippen LogP contribution in [0.3, 0.4) is 0 Å². The lowest BCUT2D eigenvalue weighted by Gasteiger charge is -2.08. The number of aliphatic hydroxyl groups is 1. The monoisotopic (exact) mass is 178 g/mol. The summed E-state index contributed by atoms with van der Waals surface area (Å²) in [5.74, 6) is 0. The van der Waals surface area contributed by atoms with Crippen molar-refractivity contribution in [2.75, 3.05) is 6.61 Å². The van der Waals surface area contributed by atoms with Crippen molar-refractivity contribution in [3.8, 4) is 0 Å². The van der Waals surface area contributed by atoms with Gasteiger partial charge in [0.25, 0.3) is 0 Å². The lowest BCUT2D eigenvalue weighted by molar-refractivity contribution is 0.333. The van der Waals surface area contributed by atoms with Gasteiger partial charge in [0.15, 0.2) is 0 Å². The van der Waals surface area contributed by atoms with Gasteiger partial charge in [0, 0.05) is 0 Å². The minimum absolute atomic E-state index is 0.0155. The van der Waals surface area contributed by atoms with E-state index in [4.69, 9.17) is 5.11 Å². The van der Waals surface area contributed by atoms with Gasteiger partial charge in [0.2, 0.25) is 0 Å². The van der Waals surface area contributed by atoms with Crippen LogP contribution in [0.2, 0.25) is 0 Å². The molecule has 0 heterocycles. The van der Waals surface area contributed by atoms with E-state index < -0.39 is 0 Å². The second-order valence-corrected chi connectivity index (χ2v) is 3.25. The van der Waals surface area contributed by atoms with Gasteiger partial charge in [-0.05, 0) is 30.9 Å². The van der Waals surface area contributed by atoms with E-state index in [1.807, 2.05) is 6.92 Å². The number of allylic oxidation sites excluding steroid dienone is 2. The molecule has 0 aliphatic rings. The molecule has 0 aromatic carbocycles. The van der Waals surface area contributed by atoms with E-state index in [0.717, 1.165) is 29.6 Å². The molecule has 0 radical (unpaired) electrons. The molecular weight excluding hydrogens is 160 g/mol. The smallest absolute Gasteiger partial charge is 0.0678 e. The Balaban J connectivity index is 3.90. The van der Waals surface area contributed by atoms with E-state index in [1.54, 1.807) is 0 Å². The van der Waals surface area contributed by atoms with Crippen LogP contribution in [0.1, 0.15) is 19.8 Å². The molecule has 0 aliphatic carbocycles. The van der Waals surface area contributed by atoms with Crippen molar-refractivity contribution < 1.29 is 5.11 Å². The molecule has 0 aliphatic heterocycles. The van der Waals surface area contributed by atoms with Crippen molar-refractivity contribution >= 4 is 0 Å². The fourth-order valence-corrected chi connectivity index (χ4v) is 0.804. The van der Waals surface area contributed by atoms with Crippen LogP contribution in [0.5, 0.6) is 0 Å². The molecule has 72 valence electrons. The summed E-state index contributed by atoms with van der Waals surface area (Å²) in [4.78, 5) is 0. The summed E-state index contributed by atoms with van der Waals surface area (Å²) < 4.78 is 0. The van der Waals surface area contributed by atoms with Crippen LogP contribution in [0.15, 0.2) is 48.6 Å². The van der Waals surface area contributed by atoms with Gasteiger partial charge in [0.1, 0.15) is 0 Å². The summed E-state index contributed by atoms with van der Waals surface area (Å²) >= 11 is 0. The van der Waals surface area contributed by atoms with Crippen LogP contribution in [-0.4, -0.2) is 11.7 Å². The molecule has 0 atom stereocenters. The van der Waals surface area contributed by atoms with E-state index >= 15 is 0 Å². The number of hydrogen-bond acceptors (Lipinski definition) is 1. The zero-order valence-corrected chi connectivity index (χ0v) is 8.40. The molecule has 0 saturated carbocycles. The van der Waals surface area contributed by atoms with Crippen molar-refractivity contribution in [2.24, 2.45) is 0 Å². The summed E-state index contributed by atoms with van der Waals surface area (Å²) in [6.07, 6.45) is 1.64.